The Kier molecular flexibility index (Phi) is 7.24. The number of fused-ring (bicyclic) bond motifs is 1. The molecule has 2 aliphatic rings. The first-order chi connectivity index (χ1) is 10.3. The number of aliphatic hydroxyl groups excluding tert-OH is 1. The molecule has 0 bridgehead atoms. The van der Waals surface area contributed by atoms with Crippen molar-refractivity contribution < 1.29 is 29.0 Å². The van der Waals surface area contributed by atoms with Crippen LogP contribution in [0.4, 0.5) is 5.82 Å². The van der Waals surface area contributed by atoms with Crippen LogP contribution in [0.1, 0.15) is 11.2 Å². The Balaban J connectivity index is 0.00000264. The van der Waals surface area contributed by atoms with Gasteiger partial charge in [-0.2, -0.15) is 0 Å². The van der Waals surface area contributed by atoms with Crippen LogP contribution in [-0.4, -0.2) is 88.9 Å². The quantitative estimate of drug-likeness (QED) is 0.344. The molecule has 122 valence electrons. The second-order valence-corrected chi connectivity index (χ2v) is 6.00. The van der Waals surface area contributed by atoms with E-state index in [1.165, 1.54) is 6.33 Å². The van der Waals surface area contributed by atoms with Crippen molar-refractivity contribution in [3.05, 3.63) is 12.7 Å². The molecule has 23 heavy (non-hydrogen) atoms. The van der Waals surface area contributed by atoms with Gasteiger partial charge in [0.25, 0.3) is 0 Å². The molecule has 0 unspecified atom stereocenters. The molecular formula is C10H15N5NaO6P. The number of carbonyl (C=O) groups is 1. The molecule has 0 aliphatic carbocycles. The van der Waals surface area contributed by atoms with E-state index in [1.54, 1.807) is 0 Å². The number of nitrogens with two attached hydrogens (primary N) is 1. The zero-order valence-electron chi connectivity index (χ0n) is 11.2. The Morgan fingerprint density at radius 1 is 1.39 bits per heavy atom. The van der Waals surface area contributed by atoms with Crippen LogP contribution in [-0.2, 0) is 9.30 Å². The van der Waals surface area contributed by atoms with Gasteiger partial charge in [0.05, 0.1) is 19.1 Å². The van der Waals surface area contributed by atoms with Crippen molar-refractivity contribution in [1.82, 2.24) is 19.5 Å². The van der Waals surface area contributed by atoms with E-state index in [9.17, 15) is 9.36 Å². The van der Waals surface area contributed by atoms with Crippen LogP contribution in [0.3, 0.4) is 0 Å². The molecule has 0 saturated carbocycles. The van der Waals surface area contributed by atoms with E-state index < -0.39 is 32.6 Å². The van der Waals surface area contributed by atoms with Gasteiger partial charge in [0.2, 0.25) is 5.91 Å². The van der Waals surface area contributed by atoms with E-state index in [1.807, 2.05) is 0 Å². The Morgan fingerprint density at radius 2 is 2.09 bits per heavy atom. The molecule has 11 nitrogen and oxygen atoms in total. The minimum atomic E-state index is -4.39. The van der Waals surface area contributed by atoms with Crippen LogP contribution >= 0.6 is 7.60 Å². The zero-order chi connectivity index (χ0) is 16.3. The summed E-state index contributed by atoms with van der Waals surface area (Å²) in [7, 11) is -4.39. The molecule has 0 aromatic carbocycles. The van der Waals surface area contributed by atoms with Gasteiger partial charge >= 0.3 is 37.2 Å². The van der Waals surface area contributed by atoms with Gasteiger partial charge in [-0.25, -0.2) is 15.0 Å². The molecule has 0 radical (unpaired) electrons. The van der Waals surface area contributed by atoms with Crippen LogP contribution in [0.15, 0.2) is 12.7 Å². The van der Waals surface area contributed by atoms with Crippen molar-refractivity contribution in [2.24, 2.45) is 0 Å². The third kappa shape index (κ3) is 5.30. The molecule has 13 heteroatoms. The molecule has 5 N–H and O–H groups in total. The first kappa shape index (κ1) is 20.1. The van der Waals surface area contributed by atoms with Crippen molar-refractivity contribution in [3.8, 4) is 11.5 Å². The fourth-order valence-electron chi connectivity index (χ4n) is 1.69. The number of ether oxygens (including phenoxy) is 1. The van der Waals surface area contributed by atoms with Gasteiger partial charge in [0.1, 0.15) is 24.8 Å². The van der Waals surface area contributed by atoms with Crippen LogP contribution in [0, 0.1) is 0 Å². The van der Waals surface area contributed by atoms with E-state index in [2.05, 4.69) is 15.0 Å². The summed E-state index contributed by atoms with van der Waals surface area (Å²) in [5.74, 6) is -0.253. The Labute approximate surface area is 152 Å². The molecule has 1 atom stereocenters. The first-order valence-corrected chi connectivity index (χ1v) is 7.85. The first-order valence-electron chi connectivity index (χ1n) is 6.05. The SMILES string of the molecule is Nc1c2ncnc-2ncn1C(=O)C[C@@H](CO)OCP(=O)(O)O.[NaH]. The normalized spacial score (nSPS) is 12.8. The van der Waals surface area contributed by atoms with E-state index >= 15 is 0 Å². The van der Waals surface area contributed by atoms with Crippen LogP contribution < -0.4 is 5.73 Å². The zero-order valence-corrected chi connectivity index (χ0v) is 12.1. The average Bonchev–Trinajstić information content (AvgIpc) is 2.92. The van der Waals surface area contributed by atoms with Crippen molar-refractivity contribution in [3.63, 3.8) is 0 Å². The number of aromatic nitrogens is 4. The van der Waals surface area contributed by atoms with Crippen molar-refractivity contribution >= 4 is 48.9 Å². The van der Waals surface area contributed by atoms with E-state index in [-0.39, 0.29) is 53.3 Å². The number of rotatable bonds is 6. The molecule has 0 aromatic heterocycles. The molecule has 2 rings (SSSR count). The standard InChI is InChI=1S/C10H14N5O6P.Na.H/c11-9-8-10(13-3-12-8)14-4-15(9)7(17)1-6(2-16)21-5-22(18,19)20;;/h3-4,6,16H,1-2,5,11H2,(H2,18,19,20);;/t6-;;/m0../s1. The molecule has 0 amide bonds. The molecule has 0 saturated heterocycles. The van der Waals surface area contributed by atoms with Gasteiger partial charge in [0, 0.05) is 0 Å². The monoisotopic (exact) mass is 355 g/mol. The second-order valence-electron chi connectivity index (χ2n) is 4.41. The van der Waals surface area contributed by atoms with Gasteiger partial charge in [0.15, 0.2) is 11.5 Å². The van der Waals surface area contributed by atoms with Gasteiger partial charge in [-0.1, -0.05) is 0 Å². The number of hydrogen-bond donors (Lipinski definition) is 4. The summed E-state index contributed by atoms with van der Waals surface area (Å²) in [5.41, 5.74) is 6.05. The minimum absolute atomic E-state index is 0. The summed E-state index contributed by atoms with van der Waals surface area (Å²) in [6, 6.07) is 0. The van der Waals surface area contributed by atoms with E-state index in [4.69, 9.17) is 25.4 Å². The summed E-state index contributed by atoms with van der Waals surface area (Å²) in [6.07, 6.45) is 0.104. The summed E-state index contributed by atoms with van der Waals surface area (Å²) in [4.78, 5) is 41.2. The summed E-state index contributed by atoms with van der Waals surface area (Å²) in [5, 5.41) is 9.12. The summed E-state index contributed by atoms with van der Waals surface area (Å²) >= 11 is 0. The predicted molar refractivity (Wildman–Crippen MR) is 80.1 cm³/mol. The average molecular weight is 355 g/mol. The molecule has 0 spiro atoms. The predicted octanol–water partition coefficient (Wildman–Crippen LogP) is -1.75. The molecule has 0 fully saturated rings. The summed E-state index contributed by atoms with van der Waals surface area (Å²) < 4.78 is 16.6. The Hall–Kier alpha value is -0.910. The van der Waals surface area contributed by atoms with E-state index in [0.717, 1.165) is 10.9 Å². The number of anilines is 1. The number of nitrogens with zero attached hydrogens (tertiary/aromatic N) is 4. The van der Waals surface area contributed by atoms with Crippen LogP contribution in [0.5, 0.6) is 0 Å². The molecule has 0 aromatic rings. The number of carbonyl (C=O) groups excluding carboxylic acids is 1. The van der Waals surface area contributed by atoms with Crippen LogP contribution in [0.25, 0.3) is 11.5 Å². The van der Waals surface area contributed by atoms with Crippen molar-refractivity contribution in [2.75, 3.05) is 18.7 Å². The van der Waals surface area contributed by atoms with Crippen molar-refractivity contribution in [1.29, 1.82) is 0 Å². The fourth-order valence-corrected chi connectivity index (χ4v) is 2.10. The van der Waals surface area contributed by atoms with Crippen molar-refractivity contribution in [2.45, 2.75) is 12.5 Å². The number of hydrogen-bond acceptors (Lipinski definition) is 8. The second kappa shape index (κ2) is 8.27. The molecule has 2 heterocycles. The van der Waals surface area contributed by atoms with Gasteiger partial charge < -0.3 is 25.4 Å². The van der Waals surface area contributed by atoms with Gasteiger partial charge in [-0.05, 0) is 0 Å². The molecular weight excluding hydrogens is 340 g/mol. The maximum absolute atomic E-state index is 12.1. The third-order valence-electron chi connectivity index (χ3n) is 2.73. The van der Waals surface area contributed by atoms with Gasteiger partial charge in [-0.15, -0.1) is 0 Å². The fraction of sp³-hybridized carbons (Fsp3) is 0.400. The third-order valence-corrected chi connectivity index (χ3v) is 3.21. The maximum atomic E-state index is 12.1. The van der Waals surface area contributed by atoms with E-state index in [0.29, 0.717) is 0 Å². The Bertz CT molecular complexity index is 690. The number of nitrogen functional groups attached to an aromatic ring is 1. The molecule has 2 aliphatic heterocycles. The number of imidazole rings is 1. The van der Waals surface area contributed by atoms with Gasteiger partial charge in [-0.3, -0.25) is 13.9 Å². The summed E-state index contributed by atoms with van der Waals surface area (Å²) in [6.45, 7) is -0.585. The Morgan fingerprint density at radius 3 is 2.70 bits per heavy atom. The van der Waals surface area contributed by atoms with Crippen LogP contribution in [0.2, 0.25) is 0 Å². The topological polar surface area (TPSA) is 174 Å². The number of aliphatic hydroxyl groups is 1.